The molecule has 0 fully saturated rings. The average Bonchev–Trinajstić information content (AvgIpc) is 2.87. The molecule has 5 rings (SSSR count). The van der Waals surface area contributed by atoms with Crippen LogP contribution in [0.2, 0.25) is 0 Å². The highest BCUT2D eigenvalue weighted by Crippen LogP contribution is 2.51. The number of hydrogen-bond acceptors (Lipinski definition) is 1. The van der Waals surface area contributed by atoms with Gasteiger partial charge in [-0.3, -0.25) is 4.98 Å². The summed E-state index contributed by atoms with van der Waals surface area (Å²) in [4.78, 5) is 6.21. The van der Waals surface area contributed by atoms with Gasteiger partial charge in [-0.2, -0.15) is 0 Å². The van der Waals surface area contributed by atoms with Crippen LogP contribution in [-0.2, 0) is 5.41 Å². The van der Waals surface area contributed by atoms with Gasteiger partial charge in [0.2, 0.25) is 0 Å². The summed E-state index contributed by atoms with van der Waals surface area (Å²) >= 11 is 0. The van der Waals surface area contributed by atoms with Crippen molar-refractivity contribution in [3.05, 3.63) is 109 Å². The van der Waals surface area contributed by atoms with Crippen LogP contribution < -0.4 is 0 Å². The number of fused-ring (bicyclic) bond motifs is 1. The maximum Gasteiger partial charge on any atom is 0.123 e. The molecule has 3 heteroatoms. The second-order valence-corrected chi connectivity index (χ2v) is 15.6. The predicted octanol–water partition coefficient (Wildman–Crippen LogP) is 9.73. The first-order valence-electron chi connectivity index (χ1n) is 12.6. The minimum absolute atomic E-state index is 0.137. The third-order valence-corrected chi connectivity index (χ3v) is 8.48. The van der Waals surface area contributed by atoms with Crippen LogP contribution in [0, 0.1) is 5.82 Å². The molecule has 188 valence electrons. The number of halogens is 1. The van der Waals surface area contributed by atoms with Gasteiger partial charge in [-0.05, 0) is 98.0 Å². The second kappa shape index (κ2) is 9.46. The number of nitrogens with zero attached hydrogens (tertiary/aromatic N) is 1. The van der Waals surface area contributed by atoms with Gasteiger partial charge in [0.1, 0.15) is 5.82 Å². The van der Waals surface area contributed by atoms with Crippen molar-refractivity contribution >= 4 is 20.8 Å². The van der Waals surface area contributed by atoms with E-state index >= 15 is 0 Å². The van der Waals surface area contributed by atoms with E-state index in [1.54, 1.807) is 12.1 Å². The van der Waals surface area contributed by atoms with E-state index < -0.39 is 10.0 Å². The number of aromatic nitrogens is 1. The van der Waals surface area contributed by atoms with E-state index in [0.29, 0.717) is 0 Å². The predicted molar refractivity (Wildman–Crippen MR) is 160 cm³/mol. The molecular weight excluding hydrogens is 473 g/mol. The van der Waals surface area contributed by atoms with Crippen LogP contribution in [0.1, 0.15) is 26.3 Å². The molecule has 0 aliphatic rings. The minimum atomic E-state index is -1.01. The molecule has 0 bridgehead atoms. The van der Waals surface area contributed by atoms with Gasteiger partial charge in [-0.25, -0.2) is 14.4 Å². The van der Waals surface area contributed by atoms with Gasteiger partial charge in [-0.1, -0.05) is 81.4 Å². The summed E-state index contributed by atoms with van der Waals surface area (Å²) in [5, 5.41) is 1.99. The lowest BCUT2D eigenvalue weighted by Crippen LogP contribution is -2.14. The van der Waals surface area contributed by atoms with Crippen molar-refractivity contribution in [1.29, 1.82) is 0 Å². The number of pyridine rings is 1. The Morgan fingerprint density at radius 1 is 0.676 bits per heavy atom. The fourth-order valence-electron chi connectivity index (χ4n) is 5.15. The first-order chi connectivity index (χ1) is 17.5. The highest BCUT2D eigenvalue weighted by atomic mass is 32.3. The standard InChI is InChI=1S/C34H34FNS/c1-34(2,3)33-29-17-14-27(35)20-25(29)13-16-30(33)31-21-26(18-19-36-31)28-15-12-24(22-32(28)37(4,5)6)23-10-8-7-9-11-23/h7-22H,1-6H3. The van der Waals surface area contributed by atoms with E-state index in [0.717, 1.165) is 22.0 Å². The highest BCUT2D eigenvalue weighted by Gasteiger charge is 2.23. The molecule has 0 radical (unpaired) electrons. The lowest BCUT2D eigenvalue weighted by molar-refractivity contribution is 0.596. The Bertz CT molecular complexity index is 1590. The summed E-state index contributed by atoms with van der Waals surface area (Å²) in [7, 11) is -1.01. The highest BCUT2D eigenvalue weighted by molar-refractivity contribution is 8.32. The van der Waals surface area contributed by atoms with Crippen LogP contribution in [0.25, 0.3) is 44.3 Å². The number of rotatable bonds is 4. The third kappa shape index (κ3) is 5.06. The Morgan fingerprint density at radius 3 is 2.11 bits per heavy atom. The molecule has 0 amide bonds. The molecule has 0 spiro atoms. The first kappa shape index (κ1) is 25.2. The van der Waals surface area contributed by atoms with Crippen molar-refractivity contribution in [3.63, 3.8) is 0 Å². The summed E-state index contributed by atoms with van der Waals surface area (Å²) in [5.41, 5.74) is 7.99. The maximum atomic E-state index is 14.0. The van der Waals surface area contributed by atoms with Gasteiger partial charge in [0.25, 0.3) is 0 Å². The molecule has 0 aliphatic carbocycles. The molecule has 5 aromatic rings. The summed E-state index contributed by atoms with van der Waals surface area (Å²) in [6.45, 7) is 6.63. The monoisotopic (exact) mass is 507 g/mol. The van der Waals surface area contributed by atoms with Crippen molar-refractivity contribution in [2.75, 3.05) is 18.8 Å². The van der Waals surface area contributed by atoms with Crippen LogP contribution in [0.4, 0.5) is 4.39 Å². The molecule has 0 N–H and O–H groups in total. The van der Waals surface area contributed by atoms with Gasteiger partial charge >= 0.3 is 0 Å². The largest absolute Gasteiger partial charge is 0.256 e. The Kier molecular flexibility index (Phi) is 6.45. The number of benzene rings is 4. The molecule has 0 saturated heterocycles. The van der Waals surface area contributed by atoms with Gasteiger partial charge in [0, 0.05) is 11.8 Å². The van der Waals surface area contributed by atoms with Gasteiger partial charge in [-0.15, -0.1) is 0 Å². The fraction of sp³-hybridized carbons (Fsp3) is 0.206. The Hall–Kier alpha value is -3.43. The quantitative estimate of drug-likeness (QED) is 0.236. The Labute approximate surface area is 221 Å². The molecular formula is C34H34FNS. The summed E-state index contributed by atoms with van der Waals surface area (Å²) in [5.74, 6) is -0.212. The zero-order chi connectivity index (χ0) is 26.4. The Balaban J connectivity index is 1.69. The molecule has 37 heavy (non-hydrogen) atoms. The lowest BCUT2D eigenvalue weighted by Gasteiger charge is -2.30. The lowest BCUT2D eigenvalue weighted by atomic mass is 9.79. The zero-order valence-electron chi connectivity index (χ0n) is 22.5. The summed E-state index contributed by atoms with van der Waals surface area (Å²) in [6, 6.07) is 30.9. The van der Waals surface area contributed by atoms with Gasteiger partial charge in [0.05, 0.1) is 5.69 Å². The average molecular weight is 508 g/mol. The molecule has 0 unspecified atom stereocenters. The van der Waals surface area contributed by atoms with E-state index in [1.165, 1.54) is 32.7 Å². The van der Waals surface area contributed by atoms with Crippen LogP contribution >= 0.6 is 10.0 Å². The van der Waals surface area contributed by atoms with Crippen LogP contribution in [0.15, 0.2) is 102 Å². The molecule has 4 aromatic carbocycles. The molecule has 0 atom stereocenters. The van der Waals surface area contributed by atoms with Crippen molar-refractivity contribution in [2.45, 2.75) is 31.1 Å². The van der Waals surface area contributed by atoms with Gasteiger partial charge < -0.3 is 0 Å². The van der Waals surface area contributed by atoms with Crippen molar-refractivity contribution in [2.24, 2.45) is 0 Å². The molecule has 1 heterocycles. The summed E-state index contributed by atoms with van der Waals surface area (Å²) < 4.78 is 14.0. The maximum absolute atomic E-state index is 14.0. The molecule has 1 nitrogen and oxygen atoms in total. The van der Waals surface area contributed by atoms with Crippen LogP contribution in [0.3, 0.4) is 0 Å². The van der Waals surface area contributed by atoms with E-state index in [-0.39, 0.29) is 11.2 Å². The number of hydrogen-bond donors (Lipinski definition) is 0. The topological polar surface area (TPSA) is 12.9 Å². The molecule has 0 saturated carbocycles. The van der Waals surface area contributed by atoms with Crippen molar-refractivity contribution in [3.8, 4) is 33.5 Å². The SMILES string of the molecule is CC(C)(C)c1c(-c2cc(-c3ccc(-c4ccccc4)cc3S(C)(C)C)ccn2)ccc2cc(F)ccc12. The normalized spacial score (nSPS) is 12.6. The van der Waals surface area contributed by atoms with E-state index in [9.17, 15) is 4.39 Å². The van der Waals surface area contributed by atoms with Crippen molar-refractivity contribution < 1.29 is 4.39 Å². The zero-order valence-corrected chi connectivity index (χ0v) is 23.3. The minimum Gasteiger partial charge on any atom is -0.256 e. The Morgan fingerprint density at radius 2 is 1.41 bits per heavy atom. The molecule has 1 aromatic heterocycles. The summed E-state index contributed by atoms with van der Waals surface area (Å²) in [6.07, 6.45) is 8.97. The van der Waals surface area contributed by atoms with Crippen LogP contribution in [-0.4, -0.2) is 23.8 Å². The van der Waals surface area contributed by atoms with E-state index in [4.69, 9.17) is 4.98 Å². The second-order valence-electron chi connectivity index (χ2n) is 11.4. The third-order valence-electron chi connectivity index (χ3n) is 6.83. The van der Waals surface area contributed by atoms with E-state index in [1.807, 2.05) is 18.3 Å². The fourth-order valence-corrected chi connectivity index (χ4v) is 6.47. The molecule has 0 aliphatic heterocycles. The van der Waals surface area contributed by atoms with Gasteiger partial charge in [0.15, 0.2) is 0 Å². The van der Waals surface area contributed by atoms with Crippen LogP contribution in [0.5, 0.6) is 0 Å². The first-order valence-corrected chi connectivity index (χ1v) is 15.5. The van der Waals surface area contributed by atoms with E-state index in [2.05, 4.69) is 106 Å². The smallest absolute Gasteiger partial charge is 0.123 e. The van der Waals surface area contributed by atoms with Crippen molar-refractivity contribution in [1.82, 2.24) is 4.98 Å².